The number of carbonyl (C=O) groups is 1. The summed E-state index contributed by atoms with van der Waals surface area (Å²) in [6.45, 7) is 5.98. The number of pyridine rings is 1. The van der Waals surface area contributed by atoms with Gasteiger partial charge in [0.2, 0.25) is 5.91 Å². The van der Waals surface area contributed by atoms with Crippen molar-refractivity contribution in [2.75, 3.05) is 13.1 Å². The Morgan fingerprint density at radius 3 is 2.62 bits per heavy atom. The number of hydrogen-bond donors (Lipinski definition) is 0. The van der Waals surface area contributed by atoms with E-state index in [-0.39, 0.29) is 11.3 Å². The Balaban J connectivity index is 2.04. The summed E-state index contributed by atoms with van der Waals surface area (Å²) in [5.74, 6) is 0.136. The van der Waals surface area contributed by atoms with Crippen LogP contribution in [0.25, 0.3) is 10.9 Å². The average molecular weight is 284 g/mol. The zero-order valence-electron chi connectivity index (χ0n) is 12.6. The molecule has 2 aromatic rings. The minimum atomic E-state index is 0.0207. The number of aryl methyl sites for hydroxylation is 2. The maximum Gasteiger partial charge on any atom is 0.242 e. The fourth-order valence-corrected chi connectivity index (χ4v) is 3.16. The van der Waals surface area contributed by atoms with Crippen molar-refractivity contribution in [1.82, 2.24) is 9.47 Å². The van der Waals surface area contributed by atoms with Crippen LogP contribution in [-0.2, 0) is 11.3 Å². The molecule has 0 bridgehead atoms. The van der Waals surface area contributed by atoms with Gasteiger partial charge in [-0.3, -0.25) is 9.59 Å². The number of benzene rings is 1. The predicted octanol–water partition coefficient (Wildman–Crippen LogP) is 2.24. The summed E-state index contributed by atoms with van der Waals surface area (Å²) in [6, 6.07) is 5.55. The molecule has 0 unspecified atom stereocenters. The van der Waals surface area contributed by atoms with E-state index in [4.69, 9.17) is 0 Å². The molecule has 1 aromatic heterocycles. The van der Waals surface area contributed by atoms with Crippen molar-refractivity contribution in [3.05, 3.63) is 45.7 Å². The highest BCUT2D eigenvalue weighted by molar-refractivity contribution is 5.85. The third kappa shape index (κ3) is 2.58. The third-order valence-corrected chi connectivity index (χ3v) is 4.19. The van der Waals surface area contributed by atoms with E-state index in [9.17, 15) is 9.59 Å². The molecule has 4 heteroatoms. The van der Waals surface area contributed by atoms with Crippen molar-refractivity contribution >= 4 is 16.8 Å². The van der Waals surface area contributed by atoms with Crippen LogP contribution >= 0.6 is 0 Å². The highest BCUT2D eigenvalue weighted by Gasteiger charge is 2.18. The maximum atomic E-state index is 12.3. The van der Waals surface area contributed by atoms with Gasteiger partial charge in [0.05, 0.1) is 5.52 Å². The molecule has 0 aliphatic carbocycles. The lowest BCUT2D eigenvalue weighted by Gasteiger charge is -2.18. The first kappa shape index (κ1) is 13.9. The zero-order chi connectivity index (χ0) is 15.0. The smallest absolute Gasteiger partial charge is 0.242 e. The molecule has 3 rings (SSSR count). The van der Waals surface area contributed by atoms with E-state index in [0.29, 0.717) is 6.54 Å². The number of aromatic nitrogens is 1. The molecule has 0 saturated carbocycles. The molecule has 4 nitrogen and oxygen atoms in total. The summed E-state index contributed by atoms with van der Waals surface area (Å²) in [6.07, 6.45) is 3.92. The topological polar surface area (TPSA) is 42.3 Å². The number of hydrogen-bond acceptors (Lipinski definition) is 2. The first-order valence-corrected chi connectivity index (χ1v) is 7.44. The molecule has 110 valence electrons. The van der Waals surface area contributed by atoms with Gasteiger partial charge in [0.1, 0.15) is 6.54 Å². The lowest BCUT2D eigenvalue weighted by Crippen LogP contribution is -2.31. The van der Waals surface area contributed by atoms with E-state index in [0.717, 1.165) is 48.0 Å². The molecule has 1 aliphatic rings. The molecule has 0 spiro atoms. The number of likely N-dealkylation sites (tertiary alicyclic amines) is 1. The molecule has 0 radical (unpaired) electrons. The van der Waals surface area contributed by atoms with Crippen LogP contribution in [0.15, 0.2) is 29.2 Å². The summed E-state index contributed by atoms with van der Waals surface area (Å²) < 4.78 is 1.90. The molecular formula is C17H20N2O2. The standard InChI is InChI=1S/C17H20N2O2/c1-12-9-13(2)17-14(10-12)19(8-5-15(17)20)11-16(21)18-6-3-4-7-18/h5,8-10H,3-4,6-7,11H2,1-2H3. The van der Waals surface area contributed by atoms with Crippen LogP contribution in [0.4, 0.5) is 0 Å². The first-order chi connectivity index (χ1) is 10.1. The molecule has 21 heavy (non-hydrogen) atoms. The van der Waals surface area contributed by atoms with Crippen LogP contribution in [0.2, 0.25) is 0 Å². The van der Waals surface area contributed by atoms with E-state index < -0.39 is 0 Å². The van der Waals surface area contributed by atoms with Gasteiger partial charge in [0.25, 0.3) is 0 Å². The fourth-order valence-electron chi connectivity index (χ4n) is 3.16. The van der Waals surface area contributed by atoms with Crippen molar-refractivity contribution in [3.63, 3.8) is 0 Å². The van der Waals surface area contributed by atoms with E-state index >= 15 is 0 Å². The van der Waals surface area contributed by atoms with Crippen molar-refractivity contribution in [2.24, 2.45) is 0 Å². The van der Waals surface area contributed by atoms with Gasteiger partial charge in [-0.05, 0) is 43.9 Å². The van der Waals surface area contributed by atoms with Crippen molar-refractivity contribution in [2.45, 2.75) is 33.2 Å². The van der Waals surface area contributed by atoms with Crippen LogP contribution in [0.1, 0.15) is 24.0 Å². The monoisotopic (exact) mass is 284 g/mol. The van der Waals surface area contributed by atoms with Crippen LogP contribution in [0.5, 0.6) is 0 Å². The van der Waals surface area contributed by atoms with Crippen LogP contribution in [0.3, 0.4) is 0 Å². The van der Waals surface area contributed by atoms with Gasteiger partial charge in [-0.15, -0.1) is 0 Å². The van der Waals surface area contributed by atoms with Crippen molar-refractivity contribution < 1.29 is 4.79 Å². The summed E-state index contributed by atoms with van der Waals surface area (Å²) in [5.41, 5.74) is 2.95. The Morgan fingerprint density at radius 1 is 1.19 bits per heavy atom. The Hall–Kier alpha value is -2.10. The summed E-state index contributed by atoms with van der Waals surface area (Å²) in [5, 5.41) is 0.720. The molecule has 1 aliphatic heterocycles. The molecular weight excluding hydrogens is 264 g/mol. The second kappa shape index (κ2) is 5.35. The predicted molar refractivity (Wildman–Crippen MR) is 83.5 cm³/mol. The Bertz CT molecular complexity index is 755. The molecule has 1 saturated heterocycles. The fraction of sp³-hybridized carbons (Fsp3) is 0.412. The summed E-state index contributed by atoms with van der Waals surface area (Å²) in [7, 11) is 0. The highest BCUT2D eigenvalue weighted by atomic mass is 16.2. The van der Waals surface area contributed by atoms with Crippen LogP contribution in [-0.4, -0.2) is 28.5 Å². The van der Waals surface area contributed by atoms with Gasteiger partial charge in [-0.25, -0.2) is 0 Å². The Labute approximate surface area is 124 Å². The number of nitrogens with zero attached hydrogens (tertiary/aromatic N) is 2. The van der Waals surface area contributed by atoms with Crippen molar-refractivity contribution in [1.29, 1.82) is 0 Å². The van der Waals surface area contributed by atoms with Gasteiger partial charge < -0.3 is 9.47 Å². The summed E-state index contributed by atoms with van der Waals surface area (Å²) >= 11 is 0. The van der Waals surface area contributed by atoms with Gasteiger partial charge >= 0.3 is 0 Å². The largest absolute Gasteiger partial charge is 0.341 e. The van der Waals surface area contributed by atoms with E-state index in [1.54, 1.807) is 12.3 Å². The normalized spacial score (nSPS) is 14.9. The average Bonchev–Trinajstić information content (AvgIpc) is 2.95. The molecule has 2 heterocycles. The lowest BCUT2D eigenvalue weighted by atomic mass is 10.1. The number of fused-ring (bicyclic) bond motifs is 1. The van der Waals surface area contributed by atoms with E-state index in [2.05, 4.69) is 0 Å². The molecule has 1 fully saturated rings. The highest BCUT2D eigenvalue weighted by Crippen LogP contribution is 2.18. The van der Waals surface area contributed by atoms with Gasteiger partial charge in [0, 0.05) is 30.7 Å². The van der Waals surface area contributed by atoms with Gasteiger partial charge in [-0.2, -0.15) is 0 Å². The van der Waals surface area contributed by atoms with Crippen molar-refractivity contribution in [3.8, 4) is 0 Å². The van der Waals surface area contributed by atoms with E-state index in [1.165, 1.54) is 0 Å². The molecule has 0 atom stereocenters. The quantitative estimate of drug-likeness (QED) is 0.848. The van der Waals surface area contributed by atoms with Gasteiger partial charge in [0.15, 0.2) is 5.43 Å². The van der Waals surface area contributed by atoms with Crippen LogP contribution in [0, 0.1) is 13.8 Å². The first-order valence-electron chi connectivity index (χ1n) is 7.44. The Kier molecular flexibility index (Phi) is 3.53. The SMILES string of the molecule is Cc1cc(C)c2c(=O)ccn(CC(=O)N3CCCC3)c2c1. The zero-order valence-corrected chi connectivity index (χ0v) is 12.6. The lowest BCUT2D eigenvalue weighted by molar-refractivity contribution is -0.130. The van der Waals surface area contributed by atoms with E-state index in [1.807, 2.05) is 35.4 Å². The molecule has 1 amide bonds. The summed E-state index contributed by atoms with van der Waals surface area (Å²) in [4.78, 5) is 26.3. The molecule has 0 N–H and O–H groups in total. The second-order valence-corrected chi connectivity index (χ2v) is 5.87. The number of rotatable bonds is 2. The van der Waals surface area contributed by atoms with Crippen LogP contribution < -0.4 is 5.43 Å². The Morgan fingerprint density at radius 2 is 1.90 bits per heavy atom. The molecule has 1 aromatic carbocycles. The minimum absolute atomic E-state index is 0.0207. The minimum Gasteiger partial charge on any atom is -0.341 e. The second-order valence-electron chi connectivity index (χ2n) is 5.87. The number of amides is 1. The number of carbonyl (C=O) groups excluding carboxylic acids is 1. The maximum absolute atomic E-state index is 12.3. The third-order valence-electron chi connectivity index (χ3n) is 4.19. The van der Waals surface area contributed by atoms with Gasteiger partial charge in [-0.1, -0.05) is 6.07 Å².